The number of thiophene rings is 1. The molecule has 4 aromatic rings. The molecule has 6 rings (SSSR count). The standard InChI is InChI=1S/C20H21F3N10S/c1-2-3-12-8-13-16(30-6-7-33-15(10-30)28-29-18(33)20(21,22)23)25-19(26-17(13)34-12)31-4-5-32-11-24-27-14(32)9-31/h8,11H,2-7,9-10H2,1H3. The molecule has 0 atom stereocenters. The second-order valence-electron chi connectivity index (χ2n) is 8.40. The van der Waals surface area contributed by atoms with Gasteiger partial charge in [-0.1, -0.05) is 13.3 Å². The molecule has 6 heterocycles. The van der Waals surface area contributed by atoms with E-state index in [2.05, 4.69) is 38.3 Å². The minimum absolute atomic E-state index is 0.136. The predicted molar refractivity (Wildman–Crippen MR) is 119 cm³/mol. The number of alkyl halides is 3. The van der Waals surface area contributed by atoms with Gasteiger partial charge in [-0.25, -0.2) is 4.98 Å². The third-order valence-corrected chi connectivity index (χ3v) is 7.22. The summed E-state index contributed by atoms with van der Waals surface area (Å²) in [6, 6.07) is 2.11. The molecule has 0 fully saturated rings. The molecule has 0 unspecified atom stereocenters. The van der Waals surface area contributed by atoms with Gasteiger partial charge in [0.05, 0.1) is 18.5 Å². The molecule has 34 heavy (non-hydrogen) atoms. The number of nitrogens with zero attached hydrogens (tertiary/aromatic N) is 10. The quantitative estimate of drug-likeness (QED) is 0.431. The first-order chi connectivity index (χ1) is 16.4. The molecule has 0 saturated heterocycles. The van der Waals surface area contributed by atoms with Crippen molar-refractivity contribution in [1.29, 1.82) is 0 Å². The Hall–Kier alpha value is -3.29. The van der Waals surface area contributed by atoms with Gasteiger partial charge in [0.25, 0.3) is 0 Å². The Morgan fingerprint density at radius 3 is 2.62 bits per heavy atom. The molecule has 178 valence electrons. The maximum absolute atomic E-state index is 13.3. The summed E-state index contributed by atoms with van der Waals surface area (Å²) in [7, 11) is 0. The minimum atomic E-state index is -4.53. The molecule has 0 aromatic carbocycles. The van der Waals surface area contributed by atoms with Crippen LogP contribution in [0.15, 0.2) is 12.4 Å². The van der Waals surface area contributed by atoms with Crippen LogP contribution in [0.5, 0.6) is 0 Å². The lowest BCUT2D eigenvalue weighted by atomic mass is 10.2. The fraction of sp³-hybridized carbons (Fsp3) is 0.500. The summed E-state index contributed by atoms with van der Waals surface area (Å²) < 4.78 is 43.0. The maximum atomic E-state index is 13.3. The number of rotatable bonds is 4. The maximum Gasteiger partial charge on any atom is 0.451 e. The zero-order chi connectivity index (χ0) is 23.4. The summed E-state index contributed by atoms with van der Waals surface area (Å²) in [5.41, 5.74) is 0. The second-order valence-corrected chi connectivity index (χ2v) is 9.52. The Morgan fingerprint density at radius 2 is 1.79 bits per heavy atom. The molecule has 2 aliphatic rings. The molecule has 0 bridgehead atoms. The molecular formula is C20H21F3N10S. The van der Waals surface area contributed by atoms with Crippen LogP contribution in [0.2, 0.25) is 0 Å². The van der Waals surface area contributed by atoms with Crippen molar-refractivity contribution in [3.8, 4) is 0 Å². The molecule has 0 amide bonds. The topological polar surface area (TPSA) is 93.7 Å². The Morgan fingerprint density at radius 1 is 0.971 bits per heavy atom. The lowest BCUT2D eigenvalue weighted by Crippen LogP contribution is -2.37. The highest BCUT2D eigenvalue weighted by atomic mass is 32.1. The van der Waals surface area contributed by atoms with Gasteiger partial charge < -0.3 is 18.9 Å². The van der Waals surface area contributed by atoms with Crippen LogP contribution < -0.4 is 9.80 Å². The molecule has 14 heteroatoms. The Labute approximate surface area is 196 Å². The van der Waals surface area contributed by atoms with Crippen LogP contribution in [0.3, 0.4) is 0 Å². The molecular weight excluding hydrogens is 469 g/mol. The van der Waals surface area contributed by atoms with E-state index in [0.29, 0.717) is 31.4 Å². The first-order valence-corrected chi connectivity index (χ1v) is 11.9. The molecule has 0 spiro atoms. The van der Waals surface area contributed by atoms with E-state index in [4.69, 9.17) is 9.97 Å². The smallest absolute Gasteiger partial charge is 0.347 e. The van der Waals surface area contributed by atoms with Crippen LogP contribution in [0.4, 0.5) is 24.9 Å². The largest absolute Gasteiger partial charge is 0.451 e. The molecule has 0 radical (unpaired) electrons. The highest BCUT2D eigenvalue weighted by Crippen LogP contribution is 2.36. The fourth-order valence-electron chi connectivity index (χ4n) is 4.48. The van der Waals surface area contributed by atoms with E-state index in [-0.39, 0.29) is 18.9 Å². The summed E-state index contributed by atoms with van der Waals surface area (Å²) in [5.74, 6) is 1.48. The van der Waals surface area contributed by atoms with Gasteiger partial charge in [-0.3, -0.25) is 0 Å². The number of aromatic nitrogens is 8. The summed E-state index contributed by atoms with van der Waals surface area (Å²) in [6.45, 7) is 4.82. The third-order valence-electron chi connectivity index (χ3n) is 6.14. The van der Waals surface area contributed by atoms with Gasteiger partial charge in [0.2, 0.25) is 11.8 Å². The summed E-state index contributed by atoms with van der Waals surface area (Å²) in [5, 5.41) is 16.3. The second kappa shape index (κ2) is 7.89. The highest BCUT2D eigenvalue weighted by molar-refractivity contribution is 7.18. The van der Waals surface area contributed by atoms with Gasteiger partial charge in [-0.15, -0.1) is 31.7 Å². The SMILES string of the molecule is CCCc1cc2c(N3CCn4c(nnc4C(F)(F)F)C3)nc(N3CCn4cnnc4C3)nc2s1. The Bertz CT molecular complexity index is 1360. The van der Waals surface area contributed by atoms with Gasteiger partial charge >= 0.3 is 6.18 Å². The van der Waals surface area contributed by atoms with Crippen LogP contribution >= 0.6 is 11.3 Å². The number of fused-ring (bicyclic) bond motifs is 3. The van der Waals surface area contributed by atoms with E-state index in [1.165, 1.54) is 4.88 Å². The van der Waals surface area contributed by atoms with Gasteiger partial charge in [0.15, 0.2) is 11.6 Å². The zero-order valence-electron chi connectivity index (χ0n) is 18.3. The van der Waals surface area contributed by atoms with E-state index < -0.39 is 12.0 Å². The van der Waals surface area contributed by atoms with Crippen LogP contribution in [0, 0.1) is 0 Å². The van der Waals surface area contributed by atoms with Crippen molar-refractivity contribution in [2.75, 3.05) is 22.9 Å². The average molecular weight is 491 g/mol. The first kappa shape index (κ1) is 21.3. The normalized spacial score (nSPS) is 16.2. The van der Waals surface area contributed by atoms with Crippen LogP contribution in [-0.2, 0) is 38.8 Å². The van der Waals surface area contributed by atoms with Crippen LogP contribution in [0.1, 0.15) is 35.7 Å². The molecule has 0 saturated carbocycles. The van der Waals surface area contributed by atoms with E-state index in [1.807, 2.05) is 9.47 Å². The van der Waals surface area contributed by atoms with Gasteiger partial charge in [0, 0.05) is 31.1 Å². The van der Waals surface area contributed by atoms with Gasteiger partial charge in [-0.2, -0.15) is 18.2 Å². The number of anilines is 2. The van der Waals surface area contributed by atoms with Crippen LogP contribution in [0.25, 0.3) is 10.2 Å². The predicted octanol–water partition coefficient (Wildman–Crippen LogP) is 2.89. The van der Waals surface area contributed by atoms with Crippen molar-refractivity contribution >= 4 is 33.3 Å². The molecule has 10 nitrogen and oxygen atoms in total. The lowest BCUT2D eigenvalue weighted by Gasteiger charge is -2.31. The van der Waals surface area contributed by atoms with Gasteiger partial charge in [0.1, 0.15) is 17.0 Å². The fourth-order valence-corrected chi connectivity index (χ4v) is 5.60. The van der Waals surface area contributed by atoms with Crippen molar-refractivity contribution < 1.29 is 13.2 Å². The number of halogens is 3. The highest BCUT2D eigenvalue weighted by Gasteiger charge is 2.40. The van der Waals surface area contributed by atoms with Crippen molar-refractivity contribution in [2.45, 2.75) is 52.1 Å². The third kappa shape index (κ3) is 3.56. The summed E-state index contributed by atoms with van der Waals surface area (Å²) >= 11 is 1.64. The minimum Gasteiger partial charge on any atom is -0.347 e. The molecule has 0 N–H and O–H groups in total. The summed E-state index contributed by atoms with van der Waals surface area (Å²) in [6.07, 6.45) is -0.860. The average Bonchev–Trinajstić information content (AvgIpc) is 3.54. The molecule has 0 aliphatic carbocycles. The monoisotopic (exact) mass is 490 g/mol. The van der Waals surface area contributed by atoms with E-state index in [1.54, 1.807) is 17.7 Å². The van der Waals surface area contributed by atoms with E-state index in [0.717, 1.165) is 40.0 Å². The van der Waals surface area contributed by atoms with Crippen molar-refractivity contribution in [3.63, 3.8) is 0 Å². The Kier molecular flexibility index (Phi) is 4.93. The number of aryl methyl sites for hydroxylation is 1. The Balaban J connectivity index is 1.39. The molecule has 4 aromatic heterocycles. The number of hydrogen-bond donors (Lipinski definition) is 0. The summed E-state index contributed by atoms with van der Waals surface area (Å²) in [4.78, 5) is 15.9. The lowest BCUT2D eigenvalue weighted by molar-refractivity contribution is -0.147. The number of hydrogen-bond acceptors (Lipinski definition) is 9. The zero-order valence-corrected chi connectivity index (χ0v) is 19.1. The van der Waals surface area contributed by atoms with Crippen LogP contribution in [-0.4, -0.2) is 52.6 Å². The van der Waals surface area contributed by atoms with E-state index in [9.17, 15) is 13.2 Å². The first-order valence-electron chi connectivity index (χ1n) is 11.1. The van der Waals surface area contributed by atoms with Gasteiger partial charge in [-0.05, 0) is 12.5 Å². The van der Waals surface area contributed by atoms with E-state index >= 15 is 0 Å². The molecule has 2 aliphatic heterocycles. The van der Waals surface area contributed by atoms with Crippen molar-refractivity contribution in [2.24, 2.45) is 0 Å². The van der Waals surface area contributed by atoms with Crippen molar-refractivity contribution in [3.05, 3.63) is 34.7 Å². The van der Waals surface area contributed by atoms with Crippen molar-refractivity contribution in [1.82, 2.24) is 39.5 Å².